The van der Waals surface area contributed by atoms with Gasteiger partial charge in [-0.25, -0.2) is 0 Å². The normalized spacial score (nSPS) is 35.8. The molecule has 3 nitrogen and oxygen atoms in total. The molecule has 0 unspecified atom stereocenters. The molecule has 0 aromatic carbocycles. The fourth-order valence-electron chi connectivity index (χ4n) is 2.30. The van der Waals surface area contributed by atoms with Crippen LogP contribution in [-0.2, 0) is 4.74 Å². The number of aliphatic hydroxyl groups is 1. The molecule has 0 saturated carbocycles. The van der Waals surface area contributed by atoms with E-state index < -0.39 is 0 Å². The zero-order valence-electron chi connectivity index (χ0n) is 8.11. The molecule has 2 saturated heterocycles. The molecule has 2 aliphatic heterocycles. The number of ether oxygens (including phenoxy) is 1. The fraction of sp³-hybridized carbons (Fsp3) is 1.00. The van der Waals surface area contributed by atoms with Crippen molar-refractivity contribution < 1.29 is 9.84 Å². The highest BCUT2D eigenvalue weighted by molar-refractivity contribution is 4.77. The topological polar surface area (TPSA) is 32.7 Å². The Morgan fingerprint density at radius 1 is 1.15 bits per heavy atom. The van der Waals surface area contributed by atoms with Gasteiger partial charge in [0.25, 0.3) is 0 Å². The van der Waals surface area contributed by atoms with Gasteiger partial charge in [-0.05, 0) is 38.8 Å². The highest BCUT2D eigenvalue weighted by Crippen LogP contribution is 2.21. The van der Waals surface area contributed by atoms with Crippen molar-refractivity contribution in [2.45, 2.75) is 37.9 Å². The summed E-state index contributed by atoms with van der Waals surface area (Å²) in [4.78, 5) is 2.48. The van der Waals surface area contributed by atoms with E-state index in [4.69, 9.17) is 9.84 Å². The standard InChI is InChI=1S/C10H19NO2/c12-8-10-4-3-9(13-10)7-11-5-1-2-6-11/h9-10,12H,1-8H2/t9-,10+/m1/s1. The Balaban J connectivity index is 1.70. The maximum absolute atomic E-state index is 8.91. The van der Waals surface area contributed by atoms with E-state index >= 15 is 0 Å². The molecule has 0 aliphatic carbocycles. The van der Waals surface area contributed by atoms with Crippen LogP contribution in [0.1, 0.15) is 25.7 Å². The van der Waals surface area contributed by atoms with E-state index in [1.165, 1.54) is 25.9 Å². The monoisotopic (exact) mass is 185 g/mol. The van der Waals surface area contributed by atoms with Crippen molar-refractivity contribution >= 4 is 0 Å². The number of hydrogen-bond acceptors (Lipinski definition) is 3. The van der Waals surface area contributed by atoms with Gasteiger partial charge in [-0.15, -0.1) is 0 Å². The third kappa shape index (κ3) is 2.42. The first-order chi connectivity index (χ1) is 6.38. The average molecular weight is 185 g/mol. The van der Waals surface area contributed by atoms with Crippen LogP contribution in [0.4, 0.5) is 0 Å². The molecule has 0 aromatic heterocycles. The van der Waals surface area contributed by atoms with Gasteiger partial charge in [0.05, 0.1) is 18.8 Å². The molecular weight excluding hydrogens is 166 g/mol. The second kappa shape index (κ2) is 4.40. The molecule has 0 radical (unpaired) electrons. The van der Waals surface area contributed by atoms with Crippen LogP contribution in [0.5, 0.6) is 0 Å². The molecule has 76 valence electrons. The van der Waals surface area contributed by atoms with E-state index in [0.717, 1.165) is 19.4 Å². The van der Waals surface area contributed by atoms with Crippen LogP contribution in [0.2, 0.25) is 0 Å². The van der Waals surface area contributed by atoms with Crippen molar-refractivity contribution in [3.05, 3.63) is 0 Å². The highest BCUT2D eigenvalue weighted by atomic mass is 16.5. The van der Waals surface area contributed by atoms with Crippen molar-refractivity contribution in [2.24, 2.45) is 0 Å². The predicted molar refractivity (Wildman–Crippen MR) is 50.7 cm³/mol. The molecule has 2 aliphatic rings. The van der Waals surface area contributed by atoms with Gasteiger partial charge in [0, 0.05) is 6.54 Å². The third-order valence-electron chi connectivity index (χ3n) is 3.06. The summed E-state index contributed by atoms with van der Waals surface area (Å²) >= 11 is 0. The lowest BCUT2D eigenvalue weighted by molar-refractivity contribution is -0.000489. The summed E-state index contributed by atoms with van der Waals surface area (Å²) < 4.78 is 5.68. The third-order valence-corrected chi connectivity index (χ3v) is 3.06. The summed E-state index contributed by atoms with van der Waals surface area (Å²) in [6.07, 6.45) is 5.35. The van der Waals surface area contributed by atoms with E-state index in [0.29, 0.717) is 6.10 Å². The first-order valence-electron chi connectivity index (χ1n) is 5.37. The van der Waals surface area contributed by atoms with Gasteiger partial charge in [-0.2, -0.15) is 0 Å². The molecule has 2 atom stereocenters. The van der Waals surface area contributed by atoms with Gasteiger partial charge >= 0.3 is 0 Å². The van der Waals surface area contributed by atoms with Crippen LogP contribution in [0.15, 0.2) is 0 Å². The molecule has 3 heteroatoms. The molecule has 2 fully saturated rings. The maximum atomic E-state index is 8.91. The van der Waals surface area contributed by atoms with Gasteiger partial charge < -0.3 is 14.7 Å². The van der Waals surface area contributed by atoms with E-state index in [2.05, 4.69) is 4.90 Å². The Morgan fingerprint density at radius 3 is 2.46 bits per heavy atom. The minimum atomic E-state index is 0.118. The summed E-state index contributed by atoms with van der Waals surface area (Å²) in [5, 5.41) is 8.91. The minimum absolute atomic E-state index is 0.118. The van der Waals surface area contributed by atoms with Crippen molar-refractivity contribution in [2.75, 3.05) is 26.2 Å². The van der Waals surface area contributed by atoms with Gasteiger partial charge in [-0.1, -0.05) is 0 Å². The van der Waals surface area contributed by atoms with Crippen molar-refractivity contribution in [1.82, 2.24) is 4.90 Å². The highest BCUT2D eigenvalue weighted by Gasteiger charge is 2.26. The Kier molecular flexibility index (Phi) is 3.19. The maximum Gasteiger partial charge on any atom is 0.0811 e. The van der Waals surface area contributed by atoms with E-state index in [9.17, 15) is 0 Å². The SMILES string of the molecule is OC[C@@H]1CC[C@H](CN2CCCC2)O1. The Morgan fingerprint density at radius 2 is 1.85 bits per heavy atom. The first kappa shape index (κ1) is 9.44. The van der Waals surface area contributed by atoms with Crippen LogP contribution in [-0.4, -0.2) is 48.5 Å². The molecule has 0 aromatic rings. The molecule has 0 bridgehead atoms. The van der Waals surface area contributed by atoms with Crippen LogP contribution in [0.25, 0.3) is 0 Å². The summed E-state index contributed by atoms with van der Waals surface area (Å²) in [5.74, 6) is 0. The van der Waals surface area contributed by atoms with Gasteiger partial charge in [0.1, 0.15) is 0 Å². The number of likely N-dealkylation sites (tertiary alicyclic amines) is 1. The average Bonchev–Trinajstić information content (AvgIpc) is 2.76. The Labute approximate surface area is 79.7 Å². The van der Waals surface area contributed by atoms with Crippen LogP contribution in [0.3, 0.4) is 0 Å². The summed E-state index contributed by atoms with van der Waals surface area (Å²) in [7, 11) is 0. The van der Waals surface area contributed by atoms with E-state index in [1.807, 2.05) is 0 Å². The molecule has 13 heavy (non-hydrogen) atoms. The predicted octanol–water partition coefficient (Wildman–Crippen LogP) is 0.622. The van der Waals surface area contributed by atoms with Gasteiger partial charge in [-0.3, -0.25) is 0 Å². The number of hydrogen-bond donors (Lipinski definition) is 1. The van der Waals surface area contributed by atoms with Gasteiger partial charge in [0.15, 0.2) is 0 Å². The van der Waals surface area contributed by atoms with E-state index in [-0.39, 0.29) is 12.7 Å². The van der Waals surface area contributed by atoms with Crippen LogP contribution >= 0.6 is 0 Å². The van der Waals surface area contributed by atoms with Gasteiger partial charge in [0.2, 0.25) is 0 Å². The first-order valence-corrected chi connectivity index (χ1v) is 5.37. The Bertz CT molecular complexity index is 157. The zero-order chi connectivity index (χ0) is 9.10. The number of nitrogens with zero attached hydrogens (tertiary/aromatic N) is 1. The molecule has 1 N–H and O–H groups in total. The van der Waals surface area contributed by atoms with Crippen LogP contribution in [0, 0.1) is 0 Å². The van der Waals surface area contributed by atoms with Crippen molar-refractivity contribution in [3.63, 3.8) is 0 Å². The molecule has 0 spiro atoms. The minimum Gasteiger partial charge on any atom is -0.394 e. The summed E-state index contributed by atoms with van der Waals surface area (Å²) in [5.41, 5.74) is 0. The fourth-order valence-corrected chi connectivity index (χ4v) is 2.30. The number of rotatable bonds is 3. The molecular formula is C10H19NO2. The van der Waals surface area contributed by atoms with E-state index in [1.54, 1.807) is 0 Å². The summed E-state index contributed by atoms with van der Waals surface area (Å²) in [6.45, 7) is 3.75. The molecule has 2 heterocycles. The lowest BCUT2D eigenvalue weighted by Gasteiger charge is -2.19. The quantitative estimate of drug-likeness (QED) is 0.699. The Hall–Kier alpha value is -0.120. The lowest BCUT2D eigenvalue weighted by atomic mass is 10.2. The zero-order valence-corrected chi connectivity index (χ0v) is 8.11. The lowest BCUT2D eigenvalue weighted by Crippen LogP contribution is -2.30. The molecule has 2 rings (SSSR count). The van der Waals surface area contributed by atoms with Crippen LogP contribution < -0.4 is 0 Å². The second-order valence-electron chi connectivity index (χ2n) is 4.15. The van der Waals surface area contributed by atoms with Crippen molar-refractivity contribution in [3.8, 4) is 0 Å². The number of aliphatic hydroxyl groups excluding tert-OH is 1. The second-order valence-corrected chi connectivity index (χ2v) is 4.15. The largest absolute Gasteiger partial charge is 0.394 e. The van der Waals surface area contributed by atoms with Crippen molar-refractivity contribution in [1.29, 1.82) is 0 Å². The smallest absolute Gasteiger partial charge is 0.0811 e. The molecule has 0 amide bonds. The summed E-state index contributed by atoms with van der Waals surface area (Å²) in [6, 6.07) is 0.